The molecule has 1 aromatic heterocycles. The molecule has 1 saturated carbocycles. The third-order valence-electron chi connectivity index (χ3n) is 4.04. The van der Waals surface area contributed by atoms with Gasteiger partial charge in [-0.3, -0.25) is 9.48 Å². The second-order valence-corrected chi connectivity index (χ2v) is 5.25. The number of carbonyl (C=O) groups is 1. The van der Waals surface area contributed by atoms with Gasteiger partial charge in [-0.1, -0.05) is 13.3 Å². The van der Waals surface area contributed by atoms with E-state index in [-0.39, 0.29) is 17.8 Å². The molecule has 17 heavy (non-hydrogen) atoms. The second-order valence-electron chi connectivity index (χ2n) is 5.25. The molecule has 1 aromatic rings. The van der Waals surface area contributed by atoms with Crippen LogP contribution in [0.3, 0.4) is 0 Å². The number of aryl methyl sites for hydroxylation is 1. The van der Waals surface area contributed by atoms with Gasteiger partial charge in [0.15, 0.2) is 5.78 Å². The van der Waals surface area contributed by atoms with Crippen LogP contribution in [0.5, 0.6) is 0 Å². The van der Waals surface area contributed by atoms with E-state index in [2.05, 4.69) is 5.10 Å². The van der Waals surface area contributed by atoms with Crippen molar-refractivity contribution in [1.82, 2.24) is 9.78 Å². The highest BCUT2D eigenvalue weighted by atomic mass is 16.3. The molecule has 4 nitrogen and oxygen atoms in total. The summed E-state index contributed by atoms with van der Waals surface area (Å²) in [5, 5.41) is 13.4. The lowest BCUT2D eigenvalue weighted by molar-refractivity contribution is 0.0656. The molecule has 2 rings (SSSR count). The molecule has 0 saturated heterocycles. The Hall–Kier alpha value is -1.16. The zero-order valence-electron chi connectivity index (χ0n) is 10.8. The predicted octanol–water partition coefficient (Wildman–Crippen LogP) is 1.64. The van der Waals surface area contributed by atoms with Gasteiger partial charge in [0.1, 0.15) is 5.69 Å². The number of ketones is 1. The van der Waals surface area contributed by atoms with Crippen LogP contribution in [0.15, 0.2) is 0 Å². The summed E-state index contributed by atoms with van der Waals surface area (Å²) in [6.45, 7) is 4.02. The monoisotopic (exact) mass is 236 g/mol. The van der Waals surface area contributed by atoms with E-state index in [1.807, 2.05) is 20.9 Å². The molecule has 0 aromatic carbocycles. The van der Waals surface area contributed by atoms with Gasteiger partial charge in [0.2, 0.25) is 0 Å². The maximum absolute atomic E-state index is 12.5. The van der Waals surface area contributed by atoms with Gasteiger partial charge in [0, 0.05) is 30.3 Å². The number of hydrogen-bond donors (Lipinski definition) is 1. The van der Waals surface area contributed by atoms with Crippen LogP contribution < -0.4 is 0 Å². The molecule has 0 bridgehead atoms. The summed E-state index contributed by atoms with van der Waals surface area (Å²) in [4.78, 5) is 12.5. The Morgan fingerprint density at radius 2 is 2.18 bits per heavy atom. The molecule has 0 unspecified atom stereocenters. The van der Waals surface area contributed by atoms with Crippen molar-refractivity contribution in [3.05, 3.63) is 17.0 Å². The molecule has 1 aliphatic carbocycles. The topological polar surface area (TPSA) is 55.1 Å². The molecule has 1 N–H and O–H groups in total. The molecule has 94 valence electrons. The second kappa shape index (κ2) is 4.26. The van der Waals surface area contributed by atoms with Crippen LogP contribution in [0, 0.1) is 12.3 Å². The van der Waals surface area contributed by atoms with Crippen LogP contribution in [-0.4, -0.2) is 27.3 Å². The van der Waals surface area contributed by atoms with Crippen molar-refractivity contribution in [1.29, 1.82) is 0 Å². The fourth-order valence-corrected chi connectivity index (χ4v) is 2.47. The zero-order chi connectivity index (χ0) is 12.6. The van der Waals surface area contributed by atoms with Crippen molar-refractivity contribution >= 4 is 5.78 Å². The smallest absolute Gasteiger partial charge is 0.189 e. The lowest BCUT2D eigenvalue weighted by atomic mass is 9.66. The lowest BCUT2D eigenvalue weighted by Crippen LogP contribution is -2.35. The first-order chi connectivity index (χ1) is 7.99. The van der Waals surface area contributed by atoms with Gasteiger partial charge in [-0.25, -0.2) is 0 Å². The van der Waals surface area contributed by atoms with E-state index in [4.69, 9.17) is 5.11 Å². The number of aliphatic hydroxyl groups excluding tert-OH is 1. The van der Waals surface area contributed by atoms with Crippen LogP contribution in [-0.2, 0) is 13.5 Å². The van der Waals surface area contributed by atoms with Crippen molar-refractivity contribution in [2.45, 2.75) is 39.5 Å². The molecular formula is C13H20N2O2. The maximum atomic E-state index is 12.5. The molecule has 1 heterocycles. The summed E-state index contributed by atoms with van der Waals surface area (Å²) >= 11 is 0. The Morgan fingerprint density at radius 1 is 1.53 bits per heavy atom. The first kappa shape index (κ1) is 12.3. The van der Waals surface area contributed by atoms with E-state index in [0.717, 1.165) is 30.5 Å². The first-order valence-corrected chi connectivity index (χ1v) is 6.18. The van der Waals surface area contributed by atoms with Gasteiger partial charge < -0.3 is 5.11 Å². The number of Topliss-reactive ketones (excluding diaryl/α,β-unsaturated/α-hetero) is 1. The Bertz CT molecular complexity index is 445. The van der Waals surface area contributed by atoms with Crippen LogP contribution in [0.2, 0.25) is 0 Å². The predicted molar refractivity (Wildman–Crippen MR) is 65.0 cm³/mol. The first-order valence-electron chi connectivity index (χ1n) is 6.18. The van der Waals surface area contributed by atoms with Crippen molar-refractivity contribution in [3.8, 4) is 0 Å². The average Bonchev–Trinajstić information content (AvgIpc) is 2.53. The quantitative estimate of drug-likeness (QED) is 0.808. The average molecular weight is 236 g/mol. The van der Waals surface area contributed by atoms with Gasteiger partial charge in [-0.05, 0) is 26.2 Å². The fraction of sp³-hybridized carbons (Fsp3) is 0.692. The third kappa shape index (κ3) is 1.90. The van der Waals surface area contributed by atoms with Gasteiger partial charge in [0.05, 0.1) is 0 Å². The van der Waals surface area contributed by atoms with Crippen molar-refractivity contribution in [2.75, 3.05) is 6.61 Å². The summed E-state index contributed by atoms with van der Waals surface area (Å²) < 4.78 is 1.74. The third-order valence-corrected chi connectivity index (χ3v) is 4.04. The highest BCUT2D eigenvalue weighted by Crippen LogP contribution is 2.43. The van der Waals surface area contributed by atoms with Crippen molar-refractivity contribution in [2.24, 2.45) is 12.5 Å². The zero-order valence-corrected chi connectivity index (χ0v) is 10.8. The van der Waals surface area contributed by atoms with Gasteiger partial charge >= 0.3 is 0 Å². The van der Waals surface area contributed by atoms with Crippen LogP contribution in [0.4, 0.5) is 0 Å². The fourth-order valence-electron chi connectivity index (χ4n) is 2.47. The Labute approximate surface area is 102 Å². The normalized spacial score (nSPS) is 17.9. The number of rotatable bonds is 4. The summed E-state index contributed by atoms with van der Waals surface area (Å²) in [5.41, 5.74) is 2.24. The van der Waals surface area contributed by atoms with Crippen LogP contribution in [0.1, 0.15) is 47.9 Å². The number of aromatic nitrogens is 2. The number of carbonyl (C=O) groups excluding carboxylic acids is 1. The molecule has 4 heteroatoms. The molecule has 1 aliphatic rings. The minimum absolute atomic E-state index is 0.0591. The largest absolute Gasteiger partial charge is 0.396 e. The number of hydrogen-bond acceptors (Lipinski definition) is 3. The number of aliphatic hydroxyl groups is 1. The standard InChI is InChI=1S/C13H20N2O2/c1-9-10(5-8-16)11(14-15(9)3)12(17)13(2)6-4-7-13/h16H,4-8H2,1-3H3. The highest BCUT2D eigenvalue weighted by molar-refractivity contribution is 6.00. The van der Waals surface area contributed by atoms with Crippen molar-refractivity contribution in [3.63, 3.8) is 0 Å². The Kier molecular flexibility index (Phi) is 3.08. The molecular weight excluding hydrogens is 216 g/mol. The van der Waals surface area contributed by atoms with E-state index in [9.17, 15) is 4.79 Å². The lowest BCUT2D eigenvalue weighted by Gasteiger charge is -2.36. The molecule has 0 amide bonds. The minimum Gasteiger partial charge on any atom is -0.396 e. The van der Waals surface area contributed by atoms with E-state index < -0.39 is 0 Å². The summed E-state index contributed by atoms with van der Waals surface area (Å²) in [7, 11) is 1.84. The van der Waals surface area contributed by atoms with Crippen LogP contribution in [0.25, 0.3) is 0 Å². The molecule has 0 spiro atoms. The van der Waals surface area contributed by atoms with Crippen molar-refractivity contribution < 1.29 is 9.90 Å². The SMILES string of the molecule is Cc1c(CCO)c(C(=O)C2(C)CCC2)nn1C. The summed E-state index contributed by atoms with van der Waals surface area (Å²) in [6.07, 6.45) is 3.56. The molecule has 0 atom stereocenters. The summed E-state index contributed by atoms with van der Waals surface area (Å²) in [6, 6.07) is 0. The highest BCUT2D eigenvalue weighted by Gasteiger charge is 2.41. The molecule has 1 fully saturated rings. The van der Waals surface area contributed by atoms with E-state index in [0.29, 0.717) is 12.1 Å². The maximum Gasteiger partial charge on any atom is 0.189 e. The van der Waals surface area contributed by atoms with E-state index in [1.165, 1.54) is 0 Å². The Morgan fingerprint density at radius 3 is 2.65 bits per heavy atom. The molecule has 0 aliphatic heterocycles. The summed E-state index contributed by atoms with van der Waals surface area (Å²) in [5.74, 6) is 0.149. The van der Waals surface area contributed by atoms with E-state index >= 15 is 0 Å². The Balaban J connectivity index is 2.37. The van der Waals surface area contributed by atoms with E-state index in [1.54, 1.807) is 4.68 Å². The van der Waals surface area contributed by atoms with Gasteiger partial charge in [0.25, 0.3) is 0 Å². The van der Waals surface area contributed by atoms with Gasteiger partial charge in [-0.2, -0.15) is 5.10 Å². The molecule has 0 radical (unpaired) electrons. The van der Waals surface area contributed by atoms with Gasteiger partial charge in [-0.15, -0.1) is 0 Å². The minimum atomic E-state index is -0.217. The van der Waals surface area contributed by atoms with Crippen LogP contribution >= 0.6 is 0 Å². The number of nitrogens with zero attached hydrogens (tertiary/aromatic N) is 2.